The Morgan fingerprint density at radius 2 is 2.00 bits per heavy atom. The van der Waals surface area contributed by atoms with Gasteiger partial charge in [0.15, 0.2) is 0 Å². The monoisotopic (exact) mass is 174 g/mol. The average Bonchev–Trinajstić information content (AvgIpc) is 1.68. The standard InChI is InChI=1S/C3H5Cl3Si/c1-2-7(5,6)3-4/h2H,1,3H2. The summed E-state index contributed by atoms with van der Waals surface area (Å²) in [6.45, 7) is 1.24. The highest BCUT2D eigenvalue weighted by molar-refractivity contribution is 7.49. The fourth-order valence-corrected chi connectivity index (χ4v) is 0.491. The average molecular weight is 176 g/mol. The van der Waals surface area contributed by atoms with E-state index >= 15 is 0 Å². The minimum atomic E-state index is -2.18. The molecule has 0 aliphatic carbocycles. The predicted molar refractivity (Wildman–Crippen MR) is 38.4 cm³/mol. The van der Waals surface area contributed by atoms with E-state index in [1.54, 1.807) is 0 Å². The fourth-order valence-electron chi connectivity index (χ4n) is 0.0546. The van der Waals surface area contributed by atoms with Crippen molar-refractivity contribution in [1.29, 1.82) is 0 Å². The lowest BCUT2D eigenvalue weighted by Crippen LogP contribution is -2.17. The summed E-state index contributed by atoms with van der Waals surface area (Å²) >= 11 is 16.4. The topological polar surface area (TPSA) is 0 Å². The van der Waals surface area contributed by atoms with Crippen LogP contribution in [0.4, 0.5) is 0 Å². The van der Waals surface area contributed by atoms with E-state index in [0.717, 1.165) is 0 Å². The lowest BCUT2D eigenvalue weighted by Gasteiger charge is -2.02. The van der Waals surface area contributed by atoms with Crippen molar-refractivity contribution < 1.29 is 0 Å². The van der Waals surface area contributed by atoms with Crippen molar-refractivity contribution in [3.8, 4) is 0 Å². The molecule has 0 bridgehead atoms. The molecule has 0 amide bonds. The van der Waals surface area contributed by atoms with Gasteiger partial charge in [0.1, 0.15) is 0 Å². The Balaban J connectivity index is 3.58. The first-order valence-electron chi connectivity index (χ1n) is 1.70. The molecule has 0 radical (unpaired) electrons. The molecule has 0 aliphatic rings. The van der Waals surface area contributed by atoms with Gasteiger partial charge in [-0.05, 0) is 0 Å². The molecule has 0 rings (SSSR count). The summed E-state index contributed by atoms with van der Waals surface area (Å²) in [7, 11) is 0. The SMILES string of the molecule is C=C[Si](Cl)(Cl)CCl. The summed E-state index contributed by atoms with van der Waals surface area (Å²) in [5.74, 6) is 0. The summed E-state index contributed by atoms with van der Waals surface area (Å²) in [5.41, 5.74) is 1.85. The van der Waals surface area contributed by atoms with Crippen molar-refractivity contribution >= 4 is 40.5 Å². The molecule has 0 N–H and O–H groups in total. The molecule has 0 fully saturated rings. The summed E-state index contributed by atoms with van der Waals surface area (Å²) in [6, 6.07) is 0. The molecule has 0 aromatic heterocycles. The largest absolute Gasteiger partial charge is 0.287 e. The van der Waals surface area contributed by atoms with E-state index in [0.29, 0.717) is 5.50 Å². The van der Waals surface area contributed by atoms with Crippen LogP contribution in [-0.2, 0) is 0 Å². The van der Waals surface area contributed by atoms with Crippen molar-refractivity contribution in [3.05, 3.63) is 12.3 Å². The highest BCUT2D eigenvalue weighted by Crippen LogP contribution is 2.16. The van der Waals surface area contributed by atoms with Gasteiger partial charge in [0.05, 0.1) is 0 Å². The van der Waals surface area contributed by atoms with Gasteiger partial charge in [0.25, 0.3) is 6.69 Å². The van der Waals surface area contributed by atoms with Gasteiger partial charge in [0.2, 0.25) is 0 Å². The molecule has 4 heteroatoms. The summed E-state index contributed by atoms with van der Waals surface area (Å²) in [5, 5.41) is 0. The van der Waals surface area contributed by atoms with E-state index in [9.17, 15) is 0 Å². The third-order valence-corrected chi connectivity index (χ3v) is 5.24. The molecule has 0 atom stereocenters. The molecule has 0 spiro atoms. The van der Waals surface area contributed by atoms with Gasteiger partial charge >= 0.3 is 0 Å². The molecule has 0 aromatic carbocycles. The molecule has 0 heterocycles. The number of hydrogen-bond donors (Lipinski definition) is 0. The highest BCUT2D eigenvalue weighted by atomic mass is 35.7. The highest BCUT2D eigenvalue weighted by Gasteiger charge is 2.21. The summed E-state index contributed by atoms with van der Waals surface area (Å²) in [6.07, 6.45) is 0. The van der Waals surface area contributed by atoms with Gasteiger partial charge in [-0.2, -0.15) is 0 Å². The van der Waals surface area contributed by atoms with Gasteiger partial charge in [-0.25, -0.2) is 0 Å². The van der Waals surface area contributed by atoms with E-state index < -0.39 is 6.69 Å². The summed E-state index contributed by atoms with van der Waals surface area (Å²) < 4.78 is 0. The van der Waals surface area contributed by atoms with E-state index in [4.69, 9.17) is 33.8 Å². The number of rotatable bonds is 2. The molecule has 0 nitrogen and oxygen atoms in total. The molecule has 42 valence electrons. The zero-order chi connectivity index (χ0) is 5.91. The van der Waals surface area contributed by atoms with Crippen molar-refractivity contribution in [2.75, 3.05) is 5.50 Å². The quantitative estimate of drug-likeness (QED) is 0.344. The Morgan fingerprint density at radius 1 is 1.57 bits per heavy atom. The summed E-state index contributed by atoms with van der Waals surface area (Å²) in [4.78, 5) is 0. The van der Waals surface area contributed by atoms with Gasteiger partial charge in [-0.15, -0.1) is 40.3 Å². The molecule has 7 heavy (non-hydrogen) atoms. The van der Waals surface area contributed by atoms with E-state index in [1.807, 2.05) is 0 Å². The Kier molecular flexibility index (Phi) is 3.33. The van der Waals surface area contributed by atoms with Crippen molar-refractivity contribution in [1.82, 2.24) is 0 Å². The smallest absolute Gasteiger partial charge is 0.139 e. The van der Waals surface area contributed by atoms with E-state index in [1.165, 1.54) is 5.70 Å². The zero-order valence-electron chi connectivity index (χ0n) is 3.63. The maximum atomic E-state index is 5.56. The molecular weight excluding hydrogens is 170 g/mol. The zero-order valence-corrected chi connectivity index (χ0v) is 6.89. The van der Waals surface area contributed by atoms with E-state index in [2.05, 4.69) is 6.58 Å². The van der Waals surface area contributed by atoms with Crippen molar-refractivity contribution in [2.24, 2.45) is 0 Å². The van der Waals surface area contributed by atoms with Gasteiger partial charge in [-0.1, -0.05) is 5.70 Å². The number of alkyl halides is 1. The second-order valence-corrected chi connectivity index (χ2v) is 8.73. The maximum Gasteiger partial charge on any atom is 0.287 e. The van der Waals surface area contributed by atoms with E-state index in [-0.39, 0.29) is 0 Å². The van der Waals surface area contributed by atoms with Crippen LogP contribution >= 0.6 is 33.8 Å². The molecular formula is C3H5Cl3Si. The van der Waals surface area contributed by atoms with Crippen LogP contribution in [0.5, 0.6) is 0 Å². The first-order chi connectivity index (χ1) is 3.12. The van der Waals surface area contributed by atoms with Gasteiger partial charge in [0, 0.05) is 5.50 Å². The molecule has 0 saturated heterocycles. The third-order valence-electron chi connectivity index (χ3n) is 0.477. The minimum absolute atomic E-state index is 0.319. The van der Waals surface area contributed by atoms with Crippen molar-refractivity contribution in [2.45, 2.75) is 0 Å². The van der Waals surface area contributed by atoms with Gasteiger partial charge in [-0.3, -0.25) is 0 Å². The van der Waals surface area contributed by atoms with Crippen LogP contribution < -0.4 is 0 Å². The first-order valence-corrected chi connectivity index (χ1v) is 6.54. The Labute approximate surface area is 58.5 Å². The normalized spacial score (nSPS) is 11.3. The molecule has 0 saturated carbocycles. The first kappa shape index (κ1) is 7.83. The van der Waals surface area contributed by atoms with Crippen LogP contribution in [0.2, 0.25) is 0 Å². The van der Waals surface area contributed by atoms with Crippen LogP contribution in [-0.4, -0.2) is 12.2 Å². The molecule has 0 aromatic rings. The second kappa shape index (κ2) is 2.97. The van der Waals surface area contributed by atoms with Crippen LogP contribution in [0.15, 0.2) is 12.3 Å². The second-order valence-electron chi connectivity index (χ2n) is 1.10. The van der Waals surface area contributed by atoms with Crippen LogP contribution in [0, 0.1) is 0 Å². The third kappa shape index (κ3) is 3.41. The number of halogens is 3. The Hall–Kier alpha value is 0.827. The lowest BCUT2D eigenvalue weighted by molar-refractivity contribution is 2.05. The van der Waals surface area contributed by atoms with Crippen LogP contribution in [0.1, 0.15) is 0 Å². The van der Waals surface area contributed by atoms with Crippen LogP contribution in [0.25, 0.3) is 0 Å². The van der Waals surface area contributed by atoms with Gasteiger partial charge < -0.3 is 0 Å². The predicted octanol–water partition coefficient (Wildman–Crippen LogP) is 2.41. The maximum absolute atomic E-state index is 5.56. The molecule has 0 unspecified atom stereocenters. The Morgan fingerprint density at radius 3 is 2.00 bits per heavy atom. The van der Waals surface area contributed by atoms with Crippen molar-refractivity contribution in [3.63, 3.8) is 0 Å². The fraction of sp³-hybridized carbons (Fsp3) is 0.333. The minimum Gasteiger partial charge on any atom is -0.139 e. The molecule has 0 aliphatic heterocycles. The Bertz CT molecular complexity index is 70.6. The number of hydrogen-bond acceptors (Lipinski definition) is 0. The van der Waals surface area contributed by atoms with Crippen LogP contribution in [0.3, 0.4) is 0 Å². The lowest BCUT2D eigenvalue weighted by atomic mass is 11.3.